The first-order valence-corrected chi connectivity index (χ1v) is 6.19. The van der Waals surface area contributed by atoms with Gasteiger partial charge in [-0.1, -0.05) is 50.1 Å². The Bertz CT molecular complexity index is 376. The minimum Gasteiger partial charge on any atom is -0.198 e. The first-order valence-electron chi connectivity index (χ1n) is 6.19. The van der Waals surface area contributed by atoms with Gasteiger partial charge in [0, 0.05) is 0 Å². The molecule has 2 unspecified atom stereocenters. The summed E-state index contributed by atoms with van der Waals surface area (Å²) in [4.78, 5) is 0. The Labute approximate surface area is 98.1 Å². The molecule has 0 N–H and O–H groups in total. The van der Waals surface area contributed by atoms with E-state index >= 15 is 0 Å². The molecule has 1 nitrogen and oxygen atoms in total. The molecule has 0 spiro atoms. The number of rotatable bonds is 2. The first kappa shape index (κ1) is 11.2. The highest BCUT2D eigenvalue weighted by molar-refractivity contribution is 5.19. The number of nitriles is 1. The molecule has 2 atom stereocenters. The Morgan fingerprint density at radius 1 is 1.38 bits per heavy atom. The smallest absolute Gasteiger partial charge is 0.0693 e. The average Bonchev–Trinajstić information content (AvgIpc) is 2.30. The van der Waals surface area contributed by atoms with Gasteiger partial charge in [-0.3, -0.25) is 0 Å². The van der Waals surface area contributed by atoms with Crippen molar-refractivity contribution in [3.8, 4) is 6.07 Å². The molecule has 0 heterocycles. The molecule has 0 bridgehead atoms. The summed E-state index contributed by atoms with van der Waals surface area (Å²) in [6.45, 7) is 2.27. The Morgan fingerprint density at radius 3 is 2.75 bits per heavy atom. The van der Waals surface area contributed by atoms with Crippen LogP contribution in [0.15, 0.2) is 30.3 Å². The molecular formula is C15H19N. The van der Waals surface area contributed by atoms with Gasteiger partial charge in [-0.05, 0) is 30.7 Å². The van der Waals surface area contributed by atoms with Gasteiger partial charge in [0.2, 0.25) is 0 Å². The van der Waals surface area contributed by atoms with E-state index in [-0.39, 0.29) is 5.41 Å². The fourth-order valence-corrected chi connectivity index (χ4v) is 2.95. The van der Waals surface area contributed by atoms with E-state index in [1.54, 1.807) is 0 Å². The molecule has 0 aromatic heterocycles. The van der Waals surface area contributed by atoms with E-state index in [0.29, 0.717) is 5.92 Å². The fraction of sp³-hybridized carbons (Fsp3) is 0.533. The summed E-state index contributed by atoms with van der Waals surface area (Å²) < 4.78 is 0. The lowest BCUT2D eigenvalue weighted by molar-refractivity contribution is 0.209. The van der Waals surface area contributed by atoms with Gasteiger partial charge in [-0.2, -0.15) is 5.26 Å². The van der Waals surface area contributed by atoms with Crippen LogP contribution in [0.5, 0.6) is 0 Å². The third-order valence-electron chi connectivity index (χ3n) is 3.71. The van der Waals surface area contributed by atoms with E-state index in [1.807, 2.05) is 6.07 Å². The second-order valence-electron chi connectivity index (χ2n) is 5.26. The van der Waals surface area contributed by atoms with Gasteiger partial charge in [-0.25, -0.2) is 0 Å². The minimum atomic E-state index is -0.0982. The highest BCUT2D eigenvalue weighted by atomic mass is 14.4. The SMILES string of the molecule is CC1CCCC(C#N)(Cc2ccccc2)C1. The Kier molecular flexibility index (Phi) is 3.29. The molecule has 0 aliphatic heterocycles. The molecular weight excluding hydrogens is 194 g/mol. The molecule has 1 aromatic carbocycles. The summed E-state index contributed by atoms with van der Waals surface area (Å²) in [6.07, 6.45) is 5.57. The molecule has 1 heteroatoms. The van der Waals surface area contributed by atoms with Crippen molar-refractivity contribution in [2.75, 3.05) is 0 Å². The monoisotopic (exact) mass is 213 g/mol. The van der Waals surface area contributed by atoms with Crippen LogP contribution in [-0.2, 0) is 6.42 Å². The zero-order valence-electron chi connectivity index (χ0n) is 9.95. The highest BCUT2D eigenvalue weighted by Gasteiger charge is 2.34. The summed E-state index contributed by atoms with van der Waals surface area (Å²) in [5, 5.41) is 9.47. The largest absolute Gasteiger partial charge is 0.198 e. The van der Waals surface area contributed by atoms with Crippen molar-refractivity contribution >= 4 is 0 Å². The number of nitrogens with zero attached hydrogens (tertiary/aromatic N) is 1. The normalized spacial score (nSPS) is 29.6. The van der Waals surface area contributed by atoms with Crippen molar-refractivity contribution in [1.82, 2.24) is 0 Å². The van der Waals surface area contributed by atoms with Crippen molar-refractivity contribution in [3.63, 3.8) is 0 Å². The zero-order valence-corrected chi connectivity index (χ0v) is 9.95. The molecule has 2 rings (SSSR count). The van der Waals surface area contributed by atoms with E-state index in [2.05, 4.69) is 37.3 Å². The van der Waals surface area contributed by atoms with Crippen molar-refractivity contribution in [1.29, 1.82) is 5.26 Å². The summed E-state index contributed by atoms with van der Waals surface area (Å²) in [5.41, 5.74) is 1.21. The molecule has 0 saturated heterocycles. The van der Waals surface area contributed by atoms with Gasteiger partial charge < -0.3 is 0 Å². The Morgan fingerprint density at radius 2 is 2.12 bits per heavy atom. The van der Waals surface area contributed by atoms with Gasteiger partial charge in [-0.15, -0.1) is 0 Å². The van der Waals surface area contributed by atoms with Gasteiger partial charge >= 0.3 is 0 Å². The second-order valence-corrected chi connectivity index (χ2v) is 5.26. The van der Waals surface area contributed by atoms with E-state index in [9.17, 15) is 5.26 Å². The zero-order chi connectivity index (χ0) is 11.4. The molecule has 1 fully saturated rings. The second kappa shape index (κ2) is 4.70. The van der Waals surface area contributed by atoms with Gasteiger partial charge in [0.05, 0.1) is 11.5 Å². The third-order valence-corrected chi connectivity index (χ3v) is 3.71. The van der Waals surface area contributed by atoms with E-state index < -0.39 is 0 Å². The van der Waals surface area contributed by atoms with Crippen LogP contribution in [-0.4, -0.2) is 0 Å². The molecule has 16 heavy (non-hydrogen) atoms. The topological polar surface area (TPSA) is 23.8 Å². The van der Waals surface area contributed by atoms with Crippen molar-refractivity contribution in [2.45, 2.75) is 39.0 Å². The van der Waals surface area contributed by atoms with Crippen molar-refractivity contribution < 1.29 is 0 Å². The molecule has 0 radical (unpaired) electrons. The van der Waals surface area contributed by atoms with Gasteiger partial charge in [0.15, 0.2) is 0 Å². The Hall–Kier alpha value is -1.29. The Balaban J connectivity index is 2.14. The van der Waals surface area contributed by atoms with E-state index in [0.717, 1.165) is 19.3 Å². The lowest BCUT2D eigenvalue weighted by Gasteiger charge is -2.34. The minimum absolute atomic E-state index is 0.0982. The molecule has 1 aliphatic carbocycles. The summed E-state index contributed by atoms with van der Waals surface area (Å²) >= 11 is 0. The molecule has 1 saturated carbocycles. The maximum absolute atomic E-state index is 9.47. The highest BCUT2D eigenvalue weighted by Crippen LogP contribution is 2.41. The van der Waals surface area contributed by atoms with Gasteiger partial charge in [0.1, 0.15) is 0 Å². The predicted octanol–water partition coefficient (Wildman–Crippen LogP) is 3.95. The molecule has 1 aromatic rings. The van der Waals surface area contributed by atoms with Crippen molar-refractivity contribution in [3.05, 3.63) is 35.9 Å². The lowest BCUT2D eigenvalue weighted by Crippen LogP contribution is -2.28. The van der Waals surface area contributed by atoms with E-state index in [1.165, 1.54) is 18.4 Å². The van der Waals surface area contributed by atoms with Crippen LogP contribution in [0.1, 0.15) is 38.2 Å². The summed E-state index contributed by atoms with van der Waals surface area (Å²) in [7, 11) is 0. The standard InChI is InChI=1S/C15H19N/c1-13-6-5-9-15(10-13,12-16)11-14-7-3-2-4-8-14/h2-4,7-8,13H,5-6,9-11H2,1H3. The van der Waals surface area contributed by atoms with Crippen LogP contribution in [0.4, 0.5) is 0 Å². The third kappa shape index (κ3) is 2.44. The van der Waals surface area contributed by atoms with Crippen LogP contribution in [0.2, 0.25) is 0 Å². The fourth-order valence-electron chi connectivity index (χ4n) is 2.95. The lowest BCUT2D eigenvalue weighted by atomic mass is 9.68. The maximum Gasteiger partial charge on any atom is 0.0693 e. The van der Waals surface area contributed by atoms with Crippen LogP contribution < -0.4 is 0 Å². The van der Waals surface area contributed by atoms with E-state index in [4.69, 9.17) is 0 Å². The van der Waals surface area contributed by atoms with Crippen LogP contribution in [0, 0.1) is 22.7 Å². The van der Waals surface area contributed by atoms with Crippen LogP contribution >= 0.6 is 0 Å². The maximum atomic E-state index is 9.47. The average molecular weight is 213 g/mol. The van der Waals surface area contributed by atoms with Crippen molar-refractivity contribution in [2.24, 2.45) is 11.3 Å². The first-order chi connectivity index (χ1) is 7.74. The predicted molar refractivity (Wildman–Crippen MR) is 65.8 cm³/mol. The molecule has 84 valence electrons. The van der Waals surface area contributed by atoms with Crippen LogP contribution in [0.25, 0.3) is 0 Å². The summed E-state index contributed by atoms with van der Waals surface area (Å²) in [6, 6.07) is 13.0. The number of benzene rings is 1. The molecule has 1 aliphatic rings. The number of hydrogen-bond donors (Lipinski definition) is 0. The van der Waals surface area contributed by atoms with Gasteiger partial charge in [0.25, 0.3) is 0 Å². The summed E-state index contributed by atoms with van der Waals surface area (Å²) in [5.74, 6) is 0.706. The number of hydrogen-bond acceptors (Lipinski definition) is 1. The van der Waals surface area contributed by atoms with Crippen LogP contribution in [0.3, 0.4) is 0 Å². The quantitative estimate of drug-likeness (QED) is 0.729. The molecule has 0 amide bonds.